The average Bonchev–Trinajstić information content (AvgIpc) is 2.24. The number of hydrogen-bond donors (Lipinski definition) is 1. The van der Waals surface area contributed by atoms with Crippen LogP contribution in [0.5, 0.6) is 0 Å². The SMILES string of the molecule is CCC(S)CC(C(C)CC)S(=O)(=O)CC. The molecule has 4 heteroatoms. The summed E-state index contributed by atoms with van der Waals surface area (Å²) in [6.45, 7) is 7.84. The summed E-state index contributed by atoms with van der Waals surface area (Å²) >= 11 is 4.41. The Morgan fingerprint density at radius 3 is 2.00 bits per heavy atom. The van der Waals surface area contributed by atoms with E-state index in [0.717, 1.165) is 12.8 Å². The van der Waals surface area contributed by atoms with Crippen LogP contribution in [0.1, 0.15) is 47.0 Å². The molecule has 3 atom stereocenters. The Labute approximate surface area is 100 Å². The van der Waals surface area contributed by atoms with E-state index < -0.39 is 9.84 Å². The van der Waals surface area contributed by atoms with E-state index in [0.29, 0.717) is 6.42 Å². The molecule has 0 N–H and O–H groups in total. The fraction of sp³-hybridized carbons (Fsp3) is 1.00. The van der Waals surface area contributed by atoms with Crippen molar-refractivity contribution >= 4 is 22.5 Å². The molecule has 0 aromatic heterocycles. The fourth-order valence-electron chi connectivity index (χ4n) is 1.64. The average molecular weight is 252 g/mol. The Balaban J connectivity index is 4.74. The molecule has 0 spiro atoms. The molecular formula is C11H24O2S2. The third-order valence-corrected chi connectivity index (χ3v) is 6.08. The van der Waals surface area contributed by atoms with Gasteiger partial charge in [-0.2, -0.15) is 12.6 Å². The summed E-state index contributed by atoms with van der Waals surface area (Å²) in [5, 5.41) is -0.0136. The Kier molecular flexibility index (Phi) is 6.93. The fourth-order valence-corrected chi connectivity index (χ4v) is 3.87. The molecule has 0 aliphatic carbocycles. The Hall–Kier alpha value is 0.300. The maximum absolute atomic E-state index is 11.9. The van der Waals surface area contributed by atoms with Crippen LogP contribution in [0.3, 0.4) is 0 Å². The summed E-state index contributed by atoms with van der Waals surface area (Å²) in [7, 11) is -2.93. The molecule has 3 unspecified atom stereocenters. The summed E-state index contributed by atoms with van der Waals surface area (Å²) in [6.07, 6.45) is 2.52. The lowest BCUT2D eigenvalue weighted by atomic mass is 10.00. The van der Waals surface area contributed by atoms with Gasteiger partial charge in [0, 0.05) is 11.0 Å². The largest absolute Gasteiger partial charge is 0.229 e. The van der Waals surface area contributed by atoms with Crippen molar-refractivity contribution in [1.29, 1.82) is 0 Å². The highest BCUT2D eigenvalue weighted by Gasteiger charge is 2.29. The second-order valence-electron chi connectivity index (χ2n) is 4.17. The Bertz CT molecular complexity index is 260. The molecule has 15 heavy (non-hydrogen) atoms. The van der Waals surface area contributed by atoms with Crippen molar-refractivity contribution in [3.05, 3.63) is 0 Å². The van der Waals surface area contributed by atoms with Crippen LogP contribution in [0.2, 0.25) is 0 Å². The maximum atomic E-state index is 11.9. The van der Waals surface area contributed by atoms with Crippen LogP contribution in [0, 0.1) is 5.92 Å². The van der Waals surface area contributed by atoms with E-state index in [-0.39, 0.29) is 22.2 Å². The van der Waals surface area contributed by atoms with Gasteiger partial charge in [0.15, 0.2) is 9.84 Å². The van der Waals surface area contributed by atoms with Crippen LogP contribution >= 0.6 is 12.6 Å². The summed E-state index contributed by atoms with van der Waals surface area (Å²) in [6, 6.07) is 0. The van der Waals surface area contributed by atoms with Gasteiger partial charge in [-0.1, -0.05) is 34.1 Å². The van der Waals surface area contributed by atoms with E-state index in [1.54, 1.807) is 6.92 Å². The van der Waals surface area contributed by atoms with Crippen molar-refractivity contribution < 1.29 is 8.42 Å². The molecule has 0 aliphatic rings. The van der Waals surface area contributed by atoms with E-state index >= 15 is 0 Å². The van der Waals surface area contributed by atoms with Gasteiger partial charge < -0.3 is 0 Å². The molecule has 0 radical (unpaired) electrons. The van der Waals surface area contributed by atoms with Gasteiger partial charge in [0.25, 0.3) is 0 Å². The first-order valence-corrected chi connectivity index (χ1v) is 8.01. The zero-order valence-corrected chi connectivity index (χ0v) is 11.9. The first kappa shape index (κ1) is 15.3. The van der Waals surface area contributed by atoms with Gasteiger partial charge in [-0.05, 0) is 18.8 Å². The molecule has 2 nitrogen and oxygen atoms in total. The zero-order valence-electron chi connectivity index (χ0n) is 10.2. The molecule has 0 bridgehead atoms. The number of sulfone groups is 1. The normalized spacial score (nSPS) is 18.5. The van der Waals surface area contributed by atoms with E-state index in [4.69, 9.17) is 0 Å². The van der Waals surface area contributed by atoms with E-state index in [1.807, 2.05) is 20.8 Å². The standard InChI is InChI=1S/C11H24O2S2/c1-5-9(4)11(8-10(14)6-2)15(12,13)7-3/h9-11,14H,5-8H2,1-4H3. The molecule has 0 saturated heterocycles. The zero-order chi connectivity index (χ0) is 12.1. The molecule has 0 amide bonds. The van der Waals surface area contributed by atoms with Crippen molar-refractivity contribution in [2.24, 2.45) is 5.92 Å². The molecule has 0 aliphatic heterocycles. The second-order valence-corrected chi connectivity index (χ2v) is 7.41. The summed E-state index contributed by atoms with van der Waals surface area (Å²) < 4.78 is 23.8. The smallest absolute Gasteiger partial charge is 0.153 e. The Morgan fingerprint density at radius 1 is 1.13 bits per heavy atom. The lowest BCUT2D eigenvalue weighted by molar-refractivity contribution is 0.468. The molecule has 0 heterocycles. The molecule has 92 valence electrons. The quantitative estimate of drug-likeness (QED) is 0.707. The van der Waals surface area contributed by atoms with Crippen LogP contribution < -0.4 is 0 Å². The van der Waals surface area contributed by atoms with Crippen molar-refractivity contribution in [2.75, 3.05) is 5.75 Å². The van der Waals surface area contributed by atoms with Gasteiger partial charge in [-0.25, -0.2) is 8.42 Å². The van der Waals surface area contributed by atoms with Crippen LogP contribution in [0.15, 0.2) is 0 Å². The van der Waals surface area contributed by atoms with Crippen LogP contribution in [0.4, 0.5) is 0 Å². The van der Waals surface area contributed by atoms with Gasteiger partial charge in [-0.3, -0.25) is 0 Å². The molecule has 0 saturated carbocycles. The first-order valence-electron chi connectivity index (χ1n) is 5.78. The van der Waals surface area contributed by atoms with Crippen LogP contribution in [-0.2, 0) is 9.84 Å². The summed E-state index contributed by atoms with van der Waals surface area (Å²) in [5.41, 5.74) is 0. The van der Waals surface area contributed by atoms with Crippen molar-refractivity contribution in [3.63, 3.8) is 0 Å². The molecular weight excluding hydrogens is 228 g/mol. The number of thiol groups is 1. The number of rotatable bonds is 7. The lowest BCUT2D eigenvalue weighted by Crippen LogP contribution is -2.32. The first-order chi connectivity index (χ1) is 6.88. The predicted molar refractivity (Wildman–Crippen MR) is 70.4 cm³/mol. The highest BCUT2D eigenvalue weighted by molar-refractivity contribution is 7.92. The van der Waals surface area contributed by atoms with E-state index in [2.05, 4.69) is 12.6 Å². The molecule has 0 aromatic rings. The third kappa shape index (κ3) is 4.77. The highest BCUT2D eigenvalue weighted by Crippen LogP contribution is 2.24. The summed E-state index contributed by atoms with van der Waals surface area (Å²) in [4.78, 5) is 0. The van der Waals surface area contributed by atoms with Crippen molar-refractivity contribution in [3.8, 4) is 0 Å². The van der Waals surface area contributed by atoms with Gasteiger partial charge in [0.1, 0.15) is 0 Å². The van der Waals surface area contributed by atoms with Crippen LogP contribution in [-0.4, -0.2) is 24.7 Å². The van der Waals surface area contributed by atoms with Gasteiger partial charge in [-0.15, -0.1) is 0 Å². The highest BCUT2D eigenvalue weighted by atomic mass is 32.2. The Morgan fingerprint density at radius 2 is 1.67 bits per heavy atom. The molecule has 0 rings (SSSR count). The van der Waals surface area contributed by atoms with Gasteiger partial charge in [0.2, 0.25) is 0 Å². The van der Waals surface area contributed by atoms with Crippen LogP contribution in [0.25, 0.3) is 0 Å². The molecule has 0 aromatic carbocycles. The van der Waals surface area contributed by atoms with Crippen molar-refractivity contribution in [1.82, 2.24) is 0 Å². The summed E-state index contributed by atoms with van der Waals surface area (Å²) in [5.74, 6) is 0.475. The lowest BCUT2D eigenvalue weighted by Gasteiger charge is -2.24. The minimum Gasteiger partial charge on any atom is -0.229 e. The van der Waals surface area contributed by atoms with Gasteiger partial charge >= 0.3 is 0 Å². The maximum Gasteiger partial charge on any atom is 0.153 e. The predicted octanol–water partition coefficient (Wildman–Crippen LogP) is 2.93. The number of hydrogen-bond acceptors (Lipinski definition) is 3. The van der Waals surface area contributed by atoms with E-state index in [9.17, 15) is 8.42 Å². The minimum atomic E-state index is -2.93. The monoisotopic (exact) mass is 252 g/mol. The molecule has 0 fully saturated rings. The topological polar surface area (TPSA) is 34.1 Å². The van der Waals surface area contributed by atoms with E-state index in [1.165, 1.54) is 0 Å². The minimum absolute atomic E-state index is 0.199. The van der Waals surface area contributed by atoms with Gasteiger partial charge in [0.05, 0.1) is 5.25 Å². The second kappa shape index (κ2) is 6.79. The third-order valence-electron chi connectivity index (χ3n) is 3.12. The van der Waals surface area contributed by atoms with Crippen molar-refractivity contribution in [2.45, 2.75) is 57.5 Å².